The molecule has 0 spiro atoms. The van der Waals surface area contributed by atoms with Gasteiger partial charge >= 0.3 is 0 Å². The number of hydrogen-bond donors (Lipinski definition) is 1. The van der Waals surface area contributed by atoms with Gasteiger partial charge in [-0.15, -0.1) is 6.58 Å². The average Bonchev–Trinajstić information content (AvgIpc) is 2.12. The van der Waals surface area contributed by atoms with E-state index in [1.165, 1.54) is 18.2 Å². The van der Waals surface area contributed by atoms with Crippen LogP contribution in [0.5, 0.6) is 0 Å². The van der Waals surface area contributed by atoms with E-state index in [0.29, 0.717) is 15.1 Å². The van der Waals surface area contributed by atoms with Crippen LogP contribution in [0.2, 0.25) is 5.02 Å². The van der Waals surface area contributed by atoms with Gasteiger partial charge < -0.3 is 5.73 Å². The largest absolute Gasteiger partial charge is 0.321 e. The Labute approximate surface area is 89.5 Å². The molecule has 0 aliphatic rings. The van der Waals surface area contributed by atoms with Gasteiger partial charge in [-0.1, -0.05) is 17.7 Å². The van der Waals surface area contributed by atoms with Crippen LogP contribution < -0.4 is 5.73 Å². The summed E-state index contributed by atoms with van der Waals surface area (Å²) in [7, 11) is 0. The fraction of sp³-hybridized carbons (Fsp3) is 0.111. The SMILES string of the molecule is C=CC(N)c1c(Cl)ccc(F)c1Br. The fourth-order valence-corrected chi connectivity index (χ4v) is 1.97. The lowest BCUT2D eigenvalue weighted by atomic mass is 10.1. The summed E-state index contributed by atoms with van der Waals surface area (Å²) in [6, 6.07) is 2.30. The molecule has 4 heteroatoms. The van der Waals surface area contributed by atoms with Gasteiger partial charge in [-0.05, 0) is 28.1 Å². The predicted molar refractivity (Wildman–Crippen MR) is 56.2 cm³/mol. The van der Waals surface area contributed by atoms with E-state index in [2.05, 4.69) is 22.5 Å². The summed E-state index contributed by atoms with van der Waals surface area (Å²) in [6.45, 7) is 3.52. The molecule has 0 heterocycles. The van der Waals surface area contributed by atoms with Crippen LogP contribution in [-0.4, -0.2) is 0 Å². The van der Waals surface area contributed by atoms with E-state index >= 15 is 0 Å². The monoisotopic (exact) mass is 263 g/mol. The molecule has 70 valence electrons. The molecule has 0 fully saturated rings. The quantitative estimate of drug-likeness (QED) is 0.643. The Morgan fingerprint density at radius 3 is 2.77 bits per heavy atom. The normalized spacial score (nSPS) is 12.6. The van der Waals surface area contributed by atoms with Crippen molar-refractivity contribution in [2.75, 3.05) is 0 Å². The van der Waals surface area contributed by atoms with Crippen molar-refractivity contribution in [3.63, 3.8) is 0 Å². The number of hydrogen-bond acceptors (Lipinski definition) is 1. The summed E-state index contributed by atoms with van der Waals surface area (Å²) in [5.74, 6) is -0.378. The van der Waals surface area contributed by atoms with Crippen molar-refractivity contribution >= 4 is 27.5 Å². The van der Waals surface area contributed by atoms with E-state index in [1.54, 1.807) is 0 Å². The Hall–Kier alpha value is -0.380. The highest BCUT2D eigenvalue weighted by atomic mass is 79.9. The van der Waals surface area contributed by atoms with Crippen LogP contribution in [-0.2, 0) is 0 Å². The zero-order valence-electron chi connectivity index (χ0n) is 6.73. The Morgan fingerprint density at radius 1 is 1.62 bits per heavy atom. The zero-order chi connectivity index (χ0) is 10.0. The number of halogens is 3. The molecule has 13 heavy (non-hydrogen) atoms. The third kappa shape index (κ3) is 2.10. The maximum Gasteiger partial charge on any atom is 0.137 e. The lowest BCUT2D eigenvalue weighted by Gasteiger charge is -2.11. The number of rotatable bonds is 2. The van der Waals surface area contributed by atoms with Crippen LogP contribution in [0.15, 0.2) is 29.3 Å². The molecule has 1 aromatic carbocycles. The fourth-order valence-electron chi connectivity index (χ4n) is 0.966. The maximum atomic E-state index is 13.1. The van der Waals surface area contributed by atoms with Crippen LogP contribution in [0, 0.1) is 5.82 Å². The van der Waals surface area contributed by atoms with E-state index in [-0.39, 0.29) is 5.82 Å². The minimum absolute atomic E-state index is 0.299. The van der Waals surface area contributed by atoms with Crippen LogP contribution in [0.25, 0.3) is 0 Å². The average molecular weight is 265 g/mol. The summed E-state index contributed by atoms with van der Waals surface area (Å²) < 4.78 is 13.4. The first-order valence-electron chi connectivity index (χ1n) is 3.59. The summed E-state index contributed by atoms with van der Waals surface area (Å²) in [4.78, 5) is 0. The zero-order valence-corrected chi connectivity index (χ0v) is 9.07. The molecule has 0 aromatic heterocycles. The van der Waals surface area contributed by atoms with Gasteiger partial charge in [-0.2, -0.15) is 0 Å². The Kier molecular flexibility index (Phi) is 3.47. The molecule has 0 amide bonds. The first-order chi connectivity index (χ1) is 6.07. The van der Waals surface area contributed by atoms with Gasteiger partial charge in [0, 0.05) is 10.6 Å². The Bertz CT molecular complexity index is 341. The van der Waals surface area contributed by atoms with E-state index < -0.39 is 6.04 Å². The van der Waals surface area contributed by atoms with Crippen LogP contribution in [0.1, 0.15) is 11.6 Å². The van der Waals surface area contributed by atoms with E-state index in [9.17, 15) is 4.39 Å². The number of nitrogens with two attached hydrogens (primary N) is 1. The standard InChI is InChI=1S/C9H8BrClFN/c1-2-7(13)8-5(11)3-4-6(12)9(8)10/h2-4,7H,1,13H2. The molecule has 1 aromatic rings. The highest BCUT2D eigenvalue weighted by Gasteiger charge is 2.14. The van der Waals surface area contributed by atoms with E-state index in [1.807, 2.05) is 0 Å². The summed E-state index contributed by atoms with van der Waals surface area (Å²) in [6.07, 6.45) is 1.51. The van der Waals surface area contributed by atoms with Crippen molar-refractivity contribution < 1.29 is 4.39 Å². The van der Waals surface area contributed by atoms with Crippen LogP contribution >= 0.6 is 27.5 Å². The minimum Gasteiger partial charge on any atom is -0.321 e. The molecule has 0 saturated carbocycles. The molecule has 1 unspecified atom stereocenters. The maximum absolute atomic E-state index is 13.1. The molecule has 1 rings (SSSR count). The Balaban J connectivity index is 3.32. The lowest BCUT2D eigenvalue weighted by Crippen LogP contribution is -2.08. The van der Waals surface area contributed by atoms with Gasteiger partial charge in [0.15, 0.2) is 0 Å². The molecule has 1 atom stereocenters. The minimum atomic E-state index is -0.461. The molecule has 0 bridgehead atoms. The molecular formula is C9H8BrClFN. The van der Waals surface area contributed by atoms with E-state index in [0.717, 1.165) is 0 Å². The van der Waals surface area contributed by atoms with Crippen molar-refractivity contribution in [2.24, 2.45) is 5.73 Å². The van der Waals surface area contributed by atoms with E-state index in [4.69, 9.17) is 17.3 Å². The van der Waals surface area contributed by atoms with Gasteiger partial charge in [0.05, 0.1) is 10.5 Å². The first kappa shape index (κ1) is 10.7. The first-order valence-corrected chi connectivity index (χ1v) is 4.76. The second-order valence-electron chi connectivity index (χ2n) is 2.52. The van der Waals surface area contributed by atoms with Gasteiger partial charge in [-0.25, -0.2) is 4.39 Å². The van der Waals surface area contributed by atoms with Crippen molar-refractivity contribution in [2.45, 2.75) is 6.04 Å². The van der Waals surface area contributed by atoms with Crippen LogP contribution in [0.4, 0.5) is 4.39 Å². The third-order valence-corrected chi connectivity index (χ3v) is 2.80. The summed E-state index contributed by atoms with van der Waals surface area (Å²) >= 11 is 8.94. The van der Waals surface area contributed by atoms with Crippen LogP contribution in [0.3, 0.4) is 0 Å². The second kappa shape index (κ2) is 4.22. The smallest absolute Gasteiger partial charge is 0.137 e. The highest BCUT2D eigenvalue weighted by molar-refractivity contribution is 9.10. The molecule has 1 nitrogen and oxygen atoms in total. The molecule has 0 aliphatic heterocycles. The number of benzene rings is 1. The predicted octanol–water partition coefficient (Wildman–Crippen LogP) is 3.43. The molecular weight excluding hydrogens is 256 g/mol. The van der Waals surface area contributed by atoms with Crippen molar-refractivity contribution in [3.05, 3.63) is 45.7 Å². The summed E-state index contributed by atoms with van der Waals surface area (Å²) in [5, 5.41) is 0.431. The Morgan fingerprint density at radius 2 is 2.23 bits per heavy atom. The molecule has 0 saturated heterocycles. The lowest BCUT2D eigenvalue weighted by molar-refractivity contribution is 0.616. The van der Waals surface area contributed by atoms with Gasteiger partial charge in [-0.3, -0.25) is 0 Å². The highest BCUT2D eigenvalue weighted by Crippen LogP contribution is 2.31. The second-order valence-corrected chi connectivity index (χ2v) is 3.72. The topological polar surface area (TPSA) is 26.0 Å². The van der Waals surface area contributed by atoms with Gasteiger partial charge in [0.2, 0.25) is 0 Å². The van der Waals surface area contributed by atoms with Crippen molar-refractivity contribution in [1.29, 1.82) is 0 Å². The van der Waals surface area contributed by atoms with Gasteiger partial charge in [0.25, 0.3) is 0 Å². The molecule has 2 N–H and O–H groups in total. The summed E-state index contributed by atoms with van der Waals surface area (Å²) in [5.41, 5.74) is 6.19. The molecule has 0 radical (unpaired) electrons. The van der Waals surface area contributed by atoms with Crippen molar-refractivity contribution in [3.8, 4) is 0 Å². The van der Waals surface area contributed by atoms with Crippen molar-refractivity contribution in [1.82, 2.24) is 0 Å². The van der Waals surface area contributed by atoms with Gasteiger partial charge in [0.1, 0.15) is 5.82 Å². The molecule has 0 aliphatic carbocycles. The third-order valence-electron chi connectivity index (χ3n) is 1.67.